The van der Waals surface area contributed by atoms with E-state index in [9.17, 15) is 9.59 Å². The molecule has 0 aromatic heterocycles. The van der Waals surface area contributed by atoms with Gasteiger partial charge in [-0.3, -0.25) is 9.69 Å². The molecule has 0 saturated carbocycles. The van der Waals surface area contributed by atoms with Crippen molar-refractivity contribution in [2.75, 3.05) is 59.5 Å². The van der Waals surface area contributed by atoms with Crippen LogP contribution in [-0.2, 0) is 9.53 Å². The first-order valence-electron chi connectivity index (χ1n) is 9.21. The van der Waals surface area contributed by atoms with Crippen molar-refractivity contribution in [2.24, 2.45) is 5.92 Å². The number of likely N-dealkylation sites (tertiary alicyclic amines) is 2. The second-order valence-corrected chi connectivity index (χ2v) is 7.33. The number of likely N-dealkylation sites (N-methyl/N-ethyl adjacent to an activating group) is 1. The highest BCUT2D eigenvalue weighted by Gasteiger charge is 2.29. The zero-order chi connectivity index (χ0) is 16.9. The zero-order valence-electron chi connectivity index (χ0n) is 14.7. The molecule has 3 fully saturated rings. The summed E-state index contributed by atoms with van der Waals surface area (Å²) in [6.07, 6.45) is 3.55. The third-order valence-corrected chi connectivity index (χ3v) is 5.38. The Morgan fingerprint density at radius 3 is 2.75 bits per heavy atom. The maximum atomic E-state index is 12.6. The topological polar surface area (TPSA) is 65.1 Å². The maximum absolute atomic E-state index is 12.6. The molecule has 3 aliphatic rings. The highest BCUT2D eigenvalue weighted by atomic mass is 16.5. The van der Waals surface area contributed by atoms with Gasteiger partial charge in [-0.25, -0.2) is 4.79 Å². The summed E-state index contributed by atoms with van der Waals surface area (Å²) in [5, 5.41) is 3.12. The van der Waals surface area contributed by atoms with Crippen LogP contribution in [0.15, 0.2) is 0 Å². The van der Waals surface area contributed by atoms with Crippen molar-refractivity contribution in [3.05, 3.63) is 0 Å². The maximum Gasteiger partial charge on any atom is 0.317 e. The average molecular weight is 338 g/mol. The molecule has 3 rings (SSSR count). The number of rotatable bonds is 3. The van der Waals surface area contributed by atoms with Gasteiger partial charge in [0.2, 0.25) is 5.91 Å². The van der Waals surface area contributed by atoms with Crippen LogP contribution in [0.1, 0.15) is 25.7 Å². The molecule has 7 nitrogen and oxygen atoms in total. The number of hydrogen-bond donors (Lipinski definition) is 1. The first kappa shape index (κ1) is 17.5. The minimum Gasteiger partial charge on any atom is -0.379 e. The number of piperidine rings is 2. The Morgan fingerprint density at radius 1 is 1.21 bits per heavy atom. The number of ether oxygens (including phenoxy) is 1. The van der Waals surface area contributed by atoms with Crippen molar-refractivity contribution >= 4 is 11.9 Å². The molecule has 3 amide bonds. The third-order valence-electron chi connectivity index (χ3n) is 5.38. The highest BCUT2D eigenvalue weighted by molar-refractivity contribution is 5.78. The fourth-order valence-corrected chi connectivity index (χ4v) is 3.94. The van der Waals surface area contributed by atoms with Crippen LogP contribution in [0, 0.1) is 5.92 Å². The Labute approximate surface area is 144 Å². The number of amides is 3. The fraction of sp³-hybridized carbons (Fsp3) is 0.882. The van der Waals surface area contributed by atoms with Crippen LogP contribution in [0.3, 0.4) is 0 Å². The lowest BCUT2D eigenvalue weighted by Gasteiger charge is -2.38. The van der Waals surface area contributed by atoms with E-state index in [0.29, 0.717) is 18.9 Å². The number of nitrogens with zero attached hydrogens (tertiary/aromatic N) is 3. The second-order valence-electron chi connectivity index (χ2n) is 7.33. The molecule has 3 heterocycles. The molecule has 7 heteroatoms. The minimum atomic E-state index is 0.0365. The normalized spacial score (nSPS) is 29.6. The summed E-state index contributed by atoms with van der Waals surface area (Å²) in [7, 11) is 1.81. The predicted molar refractivity (Wildman–Crippen MR) is 90.7 cm³/mol. The van der Waals surface area contributed by atoms with E-state index in [4.69, 9.17) is 4.74 Å². The Balaban J connectivity index is 1.45. The van der Waals surface area contributed by atoms with E-state index in [1.54, 1.807) is 11.9 Å². The van der Waals surface area contributed by atoms with Crippen LogP contribution < -0.4 is 5.32 Å². The predicted octanol–water partition coefficient (Wildman–Crippen LogP) is 0.361. The molecule has 0 bridgehead atoms. The van der Waals surface area contributed by atoms with Crippen LogP contribution in [0.5, 0.6) is 0 Å². The molecule has 3 saturated heterocycles. The number of urea groups is 1. The van der Waals surface area contributed by atoms with Crippen molar-refractivity contribution in [1.29, 1.82) is 0 Å². The van der Waals surface area contributed by atoms with Gasteiger partial charge < -0.3 is 19.9 Å². The number of morpholine rings is 1. The lowest BCUT2D eigenvalue weighted by Crippen LogP contribution is -2.54. The number of hydrogen-bond acceptors (Lipinski definition) is 4. The molecular weight excluding hydrogens is 308 g/mol. The summed E-state index contributed by atoms with van der Waals surface area (Å²) in [6, 6.07) is 0.120. The summed E-state index contributed by atoms with van der Waals surface area (Å²) < 4.78 is 5.40. The Morgan fingerprint density at radius 2 is 2.00 bits per heavy atom. The molecule has 2 atom stereocenters. The van der Waals surface area contributed by atoms with Crippen molar-refractivity contribution in [2.45, 2.75) is 31.7 Å². The van der Waals surface area contributed by atoms with E-state index >= 15 is 0 Å². The molecule has 0 aromatic rings. The van der Waals surface area contributed by atoms with Gasteiger partial charge in [-0.05, 0) is 25.2 Å². The molecule has 0 radical (unpaired) electrons. The van der Waals surface area contributed by atoms with Gasteiger partial charge in [-0.15, -0.1) is 0 Å². The second kappa shape index (κ2) is 8.16. The van der Waals surface area contributed by atoms with Crippen LogP contribution in [0.4, 0.5) is 4.79 Å². The first-order valence-corrected chi connectivity index (χ1v) is 9.21. The lowest BCUT2D eigenvalue weighted by atomic mass is 9.97. The van der Waals surface area contributed by atoms with Crippen molar-refractivity contribution in [3.8, 4) is 0 Å². The van der Waals surface area contributed by atoms with Gasteiger partial charge in [0.25, 0.3) is 0 Å². The fourth-order valence-electron chi connectivity index (χ4n) is 3.94. The number of carbonyl (C=O) groups excluding carboxylic acids is 2. The van der Waals surface area contributed by atoms with E-state index in [2.05, 4.69) is 10.2 Å². The smallest absolute Gasteiger partial charge is 0.317 e. The Hall–Kier alpha value is -1.34. The monoisotopic (exact) mass is 338 g/mol. The van der Waals surface area contributed by atoms with E-state index < -0.39 is 0 Å². The van der Waals surface area contributed by atoms with Crippen molar-refractivity contribution < 1.29 is 14.3 Å². The van der Waals surface area contributed by atoms with E-state index in [-0.39, 0.29) is 18.0 Å². The molecule has 24 heavy (non-hydrogen) atoms. The molecule has 0 aromatic carbocycles. The minimum absolute atomic E-state index is 0.0365. The Bertz CT molecular complexity index is 453. The number of carbonyl (C=O) groups is 2. The van der Waals surface area contributed by atoms with E-state index in [1.165, 1.54) is 6.42 Å². The largest absolute Gasteiger partial charge is 0.379 e. The van der Waals surface area contributed by atoms with Gasteiger partial charge in [-0.1, -0.05) is 0 Å². The van der Waals surface area contributed by atoms with Crippen molar-refractivity contribution in [3.63, 3.8) is 0 Å². The summed E-state index contributed by atoms with van der Waals surface area (Å²) in [5.74, 6) is 0.724. The van der Waals surface area contributed by atoms with Crippen molar-refractivity contribution in [1.82, 2.24) is 20.0 Å². The van der Waals surface area contributed by atoms with Gasteiger partial charge >= 0.3 is 6.03 Å². The van der Waals surface area contributed by atoms with Crippen LogP contribution in [0.2, 0.25) is 0 Å². The summed E-state index contributed by atoms with van der Waals surface area (Å²) in [4.78, 5) is 30.3. The quantitative estimate of drug-likeness (QED) is 0.807. The molecule has 3 aliphatic heterocycles. The van der Waals surface area contributed by atoms with Crippen LogP contribution >= 0.6 is 0 Å². The summed E-state index contributed by atoms with van der Waals surface area (Å²) >= 11 is 0. The Kier molecular flexibility index (Phi) is 5.94. The number of nitrogens with one attached hydrogen (secondary N) is 1. The molecule has 136 valence electrons. The molecular formula is C17H30N4O3. The lowest BCUT2D eigenvalue weighted by molar-refractivity contribution is -0.132. The van der Waals surface area contributed by atoms with Crippen LogP contribution in [0.25, 0.3) is 0 Å². The SMILES string of the molecule is CN1C[C@@H](NC(=O)N2CCC[C@H](CN3CCOCC3)C2)CCC1=O. The molecule has 1 N–H and O–H groups in total. The summed E-state index contributed by atoms with van der Waals surface area (Å²) in [6.45, 7) is 7.02. The van der Waals surface area contributed by atoms with Crippen LogP contribution in [-0.4, -0.2) is 92.2 Å². The first-order chi connectivity index (χ1) is 11.6. The van der Waals surface area contributed by atoms with Gasteiger partial charge in [-0.2, -0.15) is 0 Å². The molecule has 0 aliphatic carbocycles. The highest BCUT2D eigenvalue weighted by Crippen LogP contribution is 2.19. The summed E-state index contributed by atoms with van der Waals surface area (Å²) in [5.41, 5.74) is 0. The van der Waals surface area contributed by atoms with E-state index in [0.717, 1.165) is 58.8 Å². The standard InChI is InChI=1S/C17H30N4O3/c1-19-13-15(4-5-16(19)22)18-17(23)21-6-2-3-14(12-21)11-20-7-9-24-10-8-20/h14-15H,2-13H2,1H3,(H,18,23)/t14-,15+/m1/s1. The average Bonchev–Trinajstić information content (AvgIpc) is 2.59. The van der Waals surface area contributed by atoms with Gasteiger partial charge in [0.1, 0.15) is 0 Å². The third kappa shape index (κ3) is 4.60. The van der Waals surface area contributed by atoms with Gasteiger partial charge in [0.05, 0.1) is 13.2 Å². The molecule has 0 spiro atoms. The van der Waals surface area contributed by atoms with E-state index in [1.807, 2.05) is 4.90 Å². The zero-order valence-corrected chi connectivity index (χ0v) is 14.7. The van der Waals surface area contributed by atoms with Gasteiger partial charge in [0, 0.05) is 58.8 Å². The molecule has 0 unspecified atom stereocenters. The van der Waals surface area contributed by atoms with Gasteiger partial charge in [0.15, 0.2) is 0 Å².